The lowest BCUT2D eigenvalue weighted by molar-refractivity contribution is 0.223. The number of nitrogens with one attached hydrogen (secondary N) is 2. The molecule has 1 atom stereocenters. The lowest BCUT2D eigenvalue weighted by Gasteiger charge is -2.18. The zero-order chi connectivity index (χ0) is 21.1. The molecule has 0 spiro atoms. The maximum atomic E-state index is 5.98. The highest BCUT2D eigenvalue weighted by atomic mass is 127. The summed E-state index contributed by atoms with van der Waals surface area (Å²) in [4.78, 5) is 4.66. The molecule has 2 rings (SSSR count). The third-order valence-corrected chi connectivity index (χ3v) is 5.01. The molecule has 2 N–H and O–H groups in total. The number of thioether (sulfide) groups is 1. The summed E-state index contributed by atoms with van der Waals surface area (Å²) in [5, 5.41) is 15.0. The number of ether oxygens (including phenoxy) is 2. The van der Waals surface area contributed by atoms with Crippen LogP contribution in [0.15, 0.2) is 29.3 Å². The van der Waals surface area contributed by atoms with Crippen LogP contribution in [0.3, 0.4) is 0 Å². The highest BCUT2D eigenvalue weighted by molar-refractivity contribution is 14.0. The average Bonchev–Trinajstić information content (AvgIpc) is 3.04. The molecule has 2 aromatic rings. The molecule has 0 saturated carbocycles. The molecule has 0 amide bonds. The van der Waals surface area contributed by atoms with Crippen LogP contribution in [0.25, 0.3) is 0 Å². The molecule has 1 heterocycles. The van der Waals surface area contributed by atoms with Crippen molar-refractivity contribution in [1.82, 2.24) is 25.4 Å². The normalized spacial score (nSPS) is 12.1. The second-order valence-electron chi connectivity index (χ2n) is 6.65. The van der Waals surface area contributed by atoms with Crippen LogP contribution in [0.4, 0.5) is 0 Å². The molecule has 0 aliphatic heterocycles. The van der Waals surface area contributed by atoms with E-state index in [1.165, 1.54) is 0 Å². The Labute approximate surface area is 200 Å². The first kappa shape index (κ1) is 26.3. The fourth-order valence-corrected chi connectivity index (χ4v) is 2.96. The number of halogens is 1. The number of aromatic nitrogens is 3. The number of methoxy groups -OCH3 is 1. The Hall–Kier alpha value is -1.69. The molecular weight excluding hydrogens is 515 g/mol. The van der Waals surface area contributed by atoms with Crippen molar-refractivity contribution in [3.05, 3.63) is 35.9 Å². The minimum atomic E-state index is -0.0441. The van der Waals surface area contributed by atoms with Crippen molar-refractivity contribution in [2.75, 3.05) is 32.2 Å². The summed E-state index contributed by atoms with van der Waals surface area (Å²) in [7, 11) is 3.59. The van der Waals surface area contributed by atoms with E-state index in [-0.39, 0.29) is 30.1 Å². The molecule has 30 heavy (non-hydrogen) atoms. The van der Waals surface area contributed by atoms with E-state index in [0.29, 0.717) is 13.1 Å². The van der Waals surface area contributed by atoms with Crippen LogP contribution >= 0.6 is 35.7 Å². The van der Waals surface area contributed by atoms with Gasteiger partial charge in [0.05, 0.1) is 13.7 Å². The monoisotopic (exact) mass is 548 g/mol. The average molecular weight is 548 g/mol. The number of rotatable bonds is 11. The van der Waals surface area contributed by atoms with Gasteiger partial charge in [-0.25, -0.2) is 4.99 Å². The van der Waals surface area contributed by atoms with Gasteiger partial charge in [0, 0.05) is 19.7 Å². The molecule has 0 aliphatic carbocycles. The quantitative estimate of drug-likeness (QED) is 0.193. The van der Waals surface area contributed by atoms with E-state index < -0.39 is 0 Å². The first-order chi connectivity index (χ1) is 14.0. The molecular formula is C20H33IN6O2S. The highest BCUT2D eigenvalue weighted by Crippen LogP contribution is 2.19. The molecule has 0 saturated heterocycles. The third-order valence-electron chi connectivity index (χ3n) is 4.31. The van der Waals surface area contributed by atoms with Gasteiger partial charge in [0.25, 0.3) is 0 Å². The van der Waals surface area contributed by atoms with Crippen molar-refractivity contribution in [3.63, 3.8) is 0 Å². The van der Waals surface area contributed by atoms with Gasteiger partial charge in [-0.3, -0.25) is 0 Å². The van der Waals surface area contributed by atoms with Gasteiger partial charge < -0.3 is 24.7 Å². The van der Waals surface area contributed by atoms with E-state index in [4.69, 9.17) is 9.47 Å². The van der Waals surface area contributed by atoms with Crippen molar-refractivity contribution in [1.29, 1.82) is 0 Å². The number of aliphatic imine (C=N–C) groups is 1. The maximum absolute atomic E-state index is 5.98. The van der Waals surface area contributed by atoms with E-state index in [9.17, 15) is 0 Å². The molecule has 8 nitrogen and oxygen atoms in total. The number of hydrogen-bond acceptors (Lipinski definition) is 6. The molecule has 168 valence electrons. The lowest BCUT2D eigenvalue weighted by Crippen LogP contribution is -2.42. The molecule has 0 aliphatic rings. The minimum Gasteiger partial charge on any atom is -0.497 e. The fraction of sp³-hybridized carbons (Fsp3) is 0.550. The summed E-state index contributed by atoms with van der Waals surface area (Å²) in [6.45, 7) is 5.88. The van der Waals surface area contributed by atoms with Crippen LogP contribution in [-0.4, -0.2) is 59.0 Å². The van der Waals surface area contributed by atoms with Crippen LogP contribution in [0.2, 0.25) is 0 Å². The predicted octanol–water partition coefficient (Wildman–Crippen LogP) is 3.01. The summed E-state index contributed by atoms with van der Waals surface area (Å²) in [5.74, 6) is 5.11. The Morgan fingerprint density at radius 1 is 1.27 bits per heavy atom. The number of aryl methyl sites for hydroxylation is 1. The van der Waals surface area contributed by atoms with Crippen molar-refractivity contribution in [2.45, 2.75) is 32.9 Å². The fourth-order valence-electron chi connectivity index (χ4n) is 2.52. The molecule has 0 radical (unpaired) electrons. The Balaban J connectivity index is 0.00000450. The van der Waals surface area contributed by atoms with E-state index >= 15 is 0 Å². The number of nitrogens with zero attached hydrogens (tertiary/aromatic N) is 4. The standard InChI is InChI=1S/C20H32N6O2S.HI/c1-15(28-18-9-6-8-17(12-18)27-4)13-22-20(21-10-7-11-29-5)23-14-19-25-24-16(2)26(19)3;/h6,8-9,12,15H,7,10-11,13-14H2,1-5H3,(H2,21,22,23);1H. The lowest BCUT2D eigenvalue weighted by atomic mass is 10.3. The summed E-state index contributed by atoms with van der Waals surface area (Å²) in [6, 6.07) is 7.61. The van der Waals surface area contributed by atoms with Crippen LogP contribution in [0, 0.1) is 6.92 Å². The first-order valence-electron chi connectivity index (χ1n) is 9.70. The van der Waals surface area contributed by atoms with Crippen molar-refractivity contribution < 1.29 is 9.47 Å². The topological polar surface area (TPSA) is 85.6 Å². The minimum absolute atomic E-state index is 0. The van der Waals surface area contributed by atoms with Crippen LogP contribution < -0.4 is 20.1 Å². The largest absolute Gasteiger partial charge is 0.497 e. The molecule has 1 unspecified atom stereocenters. The first-order valence-corrected chi connectivity index (χ1v) is 11.1. The van der Waals surface area contributed by atoms with Crippen LogP contribution in [0.5, 0.6) is 11.5 Å². The second kappa shape index (κ2) is 14.3. The molecule has 0 bridgehead atoms. The highest BCUT2D eigenvalue weighted by Gasteiger charge is 2.08. The van der Waals surface area contributed by atoms with Gasteiger partial charge in [-0.05, 0) is 44.4 Å². The Kier molecular flexibility index (Phi) is 12.6. The molecule has 1 aromatic heterocycles. The Bertz CT molecular complexity index is 786. The van der Waals surface area contributed by atoms with Gasteiger partial charge in [-0.2, -0.15) is 11.8 Å². The van der Waals surface area contributed by atoms with Gasteiger partial charge in [0.1, 0.15) is 30.0 Å². The second-order valence-corrected chi connectivity index (χ2v) is 7.63. The summed E-state index contributed by atoms with van der Waals surface area (Å²) in [6.07, 6.45) is 3.14. The molecule has 10 heteroatoms. The van der Waals surface area contributed by atoms with Crippen molar-refractivity contribution in [3.8, 4) is 11.5 Å². The summed E-state index contributed by atoms with van der Waals surface area (Å²) in [5.41, 5.74) is 0. The van der Waals surface area contributed by atoms with Gasteiger partial charge in [-0.15, -0.1) is 34.2 Å². The third kappa shape index (κ3) is 8.99. The van der Waals surface area contributed by atoms with E-state index in [1.807, 2.05) is 61.5 Å². The maximum Gasteiger partial charge on any atom is 0.191 e. The van der Waals surface area contributed by atoms with Crippen LogP contribution in [0.1, 0.15) is 25.0 Å². The summed E-state index contributed by atoms with van der Waals surface area (Å²) < 4.78 is 13.2. The van der Waals surface area contributed by atoms with E-state index in [2.05, 4.69) is 32.1 Å². The molecule has 1 aromatic carbocycles. The molecule has 0 fully saturated rings. The Morgan fingerprint density at radius 3 is 2.70 bits per heavy atom. The van der Waals surface area contributed by atoms with Crippen LogP contribution in [-0.2, 0) is 13.6 Å². The van der Waals surface area contributed by atoms with Gasteiger partial charge in [0.15, 0.2) is 11.8 Å². The zero-order valence-corrected chi connectivity index (χ0v) is 21.5. The smallest absolute Gasteiger partial charge is 0.191 e. The predicted molar refractivity (Wildman–Crippen MR) is 134 cm³/mol. The van der Waals surface area contributed by atoms with E-state index in [1.54, 1.807) is 7.11 Å². The summed E-state index contributed by atoms with van der Waals surface area (Å²) >= 11 is 1.84. The van der Waals surface area contributed by atoms with Crippen molar-refractivity contribution >= 4 is 41.7 Å². The number of guanidine groups is 1. The number of hydrogen-bond donors (Lipinski definition) is 2. The van der Waals surface area contributed by atoms with Gasteiger partial charge >= 0.3 is 0 Å². The van der Waals surface area contributed by atoms with Crippen molar-refractivity contribution in [2.24, 2.45) is 12.0 Å². The Morgan fingerprint density at radius 2 is 2.03 bits per heavy atom. The SMILES string of the molecule is COc1cccc(OC(C)CNC(=NCc2nnc(C)n2C)NCCCSC)c1.I. The van der Waals surface area contributed by atoms with Gasteiger partial charge in [-0.1, -0.05) is 6.07 Å². The van der Waals surface area contributed by atoms with E-state index in [0.717, 1.165) is 47.8 Å². The zero-order valence-electron chi connectivity index (χ0n) is 18.3. The van der Waals surface area contributed by atoms with Gasteiger partial charge in [0.2, 0.25) is 0 Å². The number of benzene rings is 1.